The molecule has 0 saturated heterocycles. The first-order valence-corrected chi connectivity index (χ1v) is 10.8. The fourth-order valence-corrected chi connectivity index (χ4v) is 4.57. The van der Waals surface area contributed by atoms with Crippen molar-refractivity contribution in [3.05, 3.63) is 66.2 Å². The smallest absolute Gasteiger partial charge is 0.491 e. The third-order valence-electron chi connectivity index (χ3n) is 4.85. The van der Waals surface area contributed by atoms with Gasteiger partial charge < -0.3 is 24.5 Å². The van der Waals surface area contributed by atoms with Crippen molar-refractivity contribution < 1.29 is 27.6 Å². The van der Waals surface area contributed by atoms with Crippen LogP contribution in [0.4, 0.5) is 17.4 Å². The number of phenols is 1. The van der Waals surface area contributed by atoms with E-state index in [4.69, 9.17) is 9.07 Å². The molecule has 1 aliphatic rings. The molecule has 0 aliphatic carbocycles. The summed E-state index contributed by atoms with van der Waals surface area (Å²) < 4.78 is 39.4. The maximum Gasteiger partial charge on any atom is 0.491 e. The highest BCUT2D eigenvalue weighted by Crippen LogP contribution is 2.31. The molecule has 11 heteroatoms. The van der Waals surface area contributed by atoms with E-state index in [2.05, 4.69) is 15.0 Å². The van der Waals surface area contributed by atoms with Gasteiger partial charge in [-0.05, 0) is 47.4 Å². The van der Waals surface area contributed by atoms with Crippen LogP contribution in [0, 0.1) is 0 Å². The molecular formula is C20H16BN3O6S. The van der Waals surface area contributed by atoms with Crippen LogP contribution in [0.2, 0.25) is 0 Å². The van der Waals surface area contributed by atoms with Crippen molar-refractivity contribution in [1.82, 2.24) is 4.98 Å². The summed E-state index contributed by atoms with van der Waals surface area (Å²) in [7, 11) is -5.15. The summed E-state index contributed by atoms with van der Waals surface area (Å²) >= 11 is 0. The number of sulfonamides is 1. The molecule has 0 atom stereocenters. The first kappa shape index (κ1) is 19.4. The van der Waals surface area contributed by atoms with Crippen molar-refractivity contribution in [3.63, 3.8) is 0 Å². The minimum absolute atomic E-state index is 0.0843. The number of fused-ring (bicyclic) bond motifs is 2. The van der Waals surface area contributed by atoms with E-state index in [1.165, 1.54) is 24.3 Å². The molecule has 0 spiro atoms. The van der Waals surface area contributed by atoms with Crippen molar-refractivity contribution in [2.45, 2.75) is 11.5 Å². The minimum Gasteiger partial charge on any atom is -0.508 e. The molecule has 0 bridgehead atoms. The fourth-order valence-electron chi connectivity index (χ4n) is 3.38. The Balaban J connectivity index is 1.48. The van der Waals surface area contributed by atoms with Gasteiger partial charge in [0.25, 0.3) is 16.0 Å². The van der Waals surface area contributed by atoms with E-state index < -0.39 is 17.1 Å². The van der Waals surface area contributed by atoms with E-state index in [0.717, 1.165) is 5.56 Å². The van der Waals surface area contributed by atoms with Gasteiger partial charge in [-0.25, -0.2) is 8.42 Å². The summed E-state index contributed by atoms with van der Waals surface area (Å²) in [5.74, 6) is -0.129. The number of oxazole rings is 1. The van der Waals surface area contributed by atoms with Crippen LogP contribution in [0.5, 0.6) is 5.75 Å². The average molecular weight is 437 g/mol. The molecule has 0 radical (unpaired) electrons. The summed E-state index contributed by atoms with van der Waals surface area (Å²) in [6.07, 6.45) is 0. The van der Waals surface area contributed by atoms with Gasteiger partial charge >= 0.3 is 7.12 Å². The molecule has 4 N–H and O–H groups in total. The van der Waals surface area contributed by atoms with Crippen LogP contribution in [-0.4, -0.2) is 30.7 Å². The number of nitrogens with one attached hydrogen (secondary N) is 2. The third kappa shape index (κ3) is 3.70. The Labute approximate surface area is 177 Å². The molecule has 0 saturated carbocycles. The summed E-state index contributed by atoms with van der Waals surface area (Å²) in [6.45, 7) is 0.264. The van der Waals surface area contributed by atoms with Crippen molar-refractivity contribution >= 4 is 51.1 Å². The summed E-state index contributed by atoms with van der Waals surface area (Å²) in [4.78, 5) is 4.16. The zero-order valence-electron chi connectivity index (χ0n) is 15.9. The average Bonchev–Trinajstić information content (AvgIpc) is 3.30. The van der Waals surface area contributed by atoms with E-state index >= 15 is 0 Å². The number of hydrogen-bond acceptors (Lipinski definition) is 8. The predicted molar refractivity (Wildman–Crippen MR) is 115 cm³/mol. The van der Waals surface area contributed by atoms with Crippen LogP contribution in [0.15, 0.2) is 70.0 Å². The Kier molecular flexibility index (Phi) is 4.58. The third-order valence-corrected chi connectivity index (χ3v) is 6.29. The minimum atomic E-state index is -4.06. The van der Waals surface area contributed by atoms with Gasteiger partial charge in [0.15, 0.2) is 5.58 Å². The number of aromatic nitrogens is 1. The number of aromatic hydroxyl groups is 1. The molecule has 1 aromatic heterocycles. The highest BCUT2D eigenvalue weighted by molar-refractivity contribution is 7.92. The Morgan fingerprint density at radius 1 is 1.06 bits per heavy atom. The van der Waals surface area contributed by atoms with E-state index in [9.17, 15) is 18.5 Å². The number of para-hydroxylation sites is 2. The maximum atomic E-state index is 13.1. The zero-order valence-corrected chi connectivity index (χ0v) is 16.8. The predicted octanol–water partition coefficient (Wildman–Crippen LogP) is 2.30. The van der Waals surface area contributed by atoms with Crippen LogP contribution < -0.4 is 15.5 Å². The topological polar surface area (TPSA) is 134 Å². The lowest BCUT2D eigenvalue weighted by molar-refractivity contribution is 0.275. The van der Waals surface area contributed by atoms with Gasteiger partial charge in [-0.3, -0.25) is 4.72 Å². The molecule has 0 unspecified atom stereocenters. The molecule has 31 heavy (non-hydrogen) atoms. The molecule has 2 heterocycles. The second-order valence-corrected chi connectivity index (χ2v) is 8.63. The van der Waals surface area contributed by atoms with E-state index in [1.54, 1.807) is 36.4 Å². The second kappa shape index (κ2) is 7.31. The van der Waals surface area contributed by atoms with Crippen molar-refractivity contribution in [2.24, 2.45) is 0 Å². The highest BCUT2D eigenvalue weighted by Gasteiger charge is 2.28. The summed E-state index contributed by atoms with van der Waals surface area (Å²) in [5, 5.41) is 22.6. The van der Waals surface area contributed by atoms with Crippen molar-refractivity contribution in [1.29, 1.82) is 0 Å². The normalized spacial score (nSPS) is 13.4. The molecule has 0 amide bonds. The molecule has 3 aromatic carbocycles. The van der Waals surface area contributed by atoms with Crippen LogP contribution in [0.25, 0.3) is 11.1 Å². The number of anilines is 3. The Bertz CT molecular complexity index is 1370. The summed E-state index contributed by atoms with van der Waals surface area (Å²) in [5.41, 5.74) is 2.79. The first-order valence-electron chi connectivity index (χ1n) is 9.30. The highest BCUT2D eigenvalue weighted by atomic mass is 32.2. The Morgan fingerprint density at radius 2 is 1.90 bits per heavy atom. The Morgan fingerprint density at radius 3 is 2.74 bits per heavy atom. The number of nitrogens with zero attached hydrogens (tertiary/aromatic N) is 1. The maximum absolute atomic E-state index is 13.1. The standard InChI is InChI=1S/C20H16BN3O6S/c25-14-7-8-19(17(10-14)23-20-22-16-3-1-2-4-18(16)30-20)31(27,28)24-13-6-5-12-11-29-21(26)15(12)9-13/h1-10,24-26H,11H2,(H,22,23). The largest absolute Gasteiger partial charge is 0.508 e. The van der Waals surface area contributed by atoms with Gasteiger partial charge in [-0.2, -0.15) is 4.98 Å². The summed E-state index contributed by atoms with van der Waals surface area (Å²) in [6, 6.07) is 15.8. The molecule has 9 nitrogen and oxygen atoms in total. The number of rotatable bonds is 5. The molecule has 156 valence electrons. The lowest BCUT2D eigenvalue weighted by atomic mass is 9.79. The van der Waals surface area contributed by atoms with Gasteiger partial charge in [0.2, 0.25) is 0 Å². The number of hydrogen-bond donors (Lipinski definition) is 4. The van der Waals surface area contributed by atoms with E-state index in [1.807, 2.05) is 0 Å². The van der Waals surface area contributed by atoms with Gasteiger partial charge in [0, 0.05) is 11.8 Å². The molecule has 0 fully saturated rings. The lowest BCUT2D eigenvalue weighted by Gasteiger charge is -2.13. The van der Waals surface area contributed by atoms with Crippen molar-refractivity contribution in [3.8, 4) is 5.75 Å². The quantitative estimate of drug-likeness (QED) is 0.350. The molecule has 5 rings (SSSR count). The van der Waals surface area contributed by atoms with Crippen LogP contribution in [-0.2, 0) is 21.3 Å². The van der Waals surface area contributed by atoms with Crippen LogP contribution >= 0.6 is 0 Å². The van der Waals surface area contributed by atoms with Crippen molar-refractivity contribution in [2.75, 3.05) is 10.0 Å². The van der Waals surface area contributed by atoms with Gasteiger partial charge in [-0.15, -0.1) is 0 Å². The number of phenolic OH excluding ortho intramolecular Hbond substituents is 1. The Hall–Kier alpha value is -3.54. The second-order valence-electron chi connectivity index (χ2n) is 6.97. The van der Waals surface area contributed by atoms with Crippen LogP contribution in [0.3, 0.4) is 0 Å². The molecule has 1 aliphatic heterocycles. The van der Waals surface area contributed by atoms with Gasteiger partial charge in [0.1, 0.15) is 16.2 Å². The lowest BCUT2D eigenvalue weighted by Crippen LogP contribution is -2.28. The number of benzene rings is 3. The monoisotopic (exact) mass is 437 g/mol. The SMILES string of the molecule is O=S(=O)(Nc1ccc2c(c1)B(O)OC2)c1ccc(O)cc1Nc1nc2ccccc2o1. The first-order chi connectivity index (χ1) is 14.9. The molecular weight excluding hydrogens is 421 g/mol. The fraction of sp³-hybridized carbons (Fsp3) is 0.0500. The van der Waals surface area contributed by atoms with E-state index in [-0.39, 0.29) is 34.6 Å². The van der Waals surface area contributed by atoms with Gasteiger partial charge in [-0.1, -0.05) is 18.2 Å². The molecule has 4 aromatic rings. The zero-order chi connectivity index (χ0) is 21.6. The van der Waals surface area contributed by atoms with Gasteiger partial charge in [0.05, 0.1) is 12.3 Å². The van der Waals surface area contributed by atoms with E-state index in [0.29, 0.717) is 16.6 Å². The van der Waals surface area contributed by atoms with Crippen LogP contribution in [0.1, 0.15) is 5.56 Å².